The van der Waals surface area contributed by atoms with Crippen molar-refractivity contribution in [3.63, 3.8) is 0 Å². The first-order valence-corrected chi connectivity index (χ1v) is 10.2. The van der Waals surface area contributed by atoms with Crippen LogP contribution in [0.15, 0.2) is 12.1 Å². The third-order valence-electron chi connectivity index (χ3n) is 4.36. The number of nitrogens with zero attached hydrogens (tertiary/aromatic N) is 1. The molecule has 0 spiro atoms. The summed E-state index contributed by atoms with van der Waals surface area (Å²) in [4.78, 5) is 14.3. The molecule has 1 aromatic rings. The number of ether oxygens (including phenoxy) is 2. The maximum absolute atomic E-state index is 12.7. The minimum Gasteiger partial charge on any atom is -0.486 e. The lowest BCUT2D eigenvalue weighted by Crippen LogP contribution is -2.41. The maximum Gasteiger partial charge on any atom is 0.227 e. The summed E-state index contributed by atoms with van der Waals surface area (Å²) >= 11 is 6.26. The maximum atomic E-state index is 12.7. The summed E-state index contributed by atoms with van der Waals surface area (Å²) < 4.78 is 34.3. The first-order chi connectivity index (χ1) is 11.4. The fraction of sp³-hybridized carbons (Fsp3) is 0.562. The number of hydrogen-bond acceptors (Lipinski definition) is 5. The molecule has 1 unspecified atom stereocenters. The standard InChI is InChI=1S/C16H20ClNO5S/c1-2-18(12-3-6-24(20,21)10-12)16(19)8-11-7-14-15(9-13(11)17)23-5-4-22-14/h7,9,12H,2-6,8,10H2,1H3. The van der Waals surface area contributed by atoms with Gasteiger partial charge in [-0.3, -0.25) is 4.79 Å². The Bertz CT molecular complexity index is 749. The Morgan fingerprint density at radius 3 is 2.54 bits per heavy atom. The van der Waals surface area contributed by atoms with Gasteiger partial charge in [-0.15, -0.1) is 0 Å². The van der Waals surface area contributed by atoms with E-state index in [1.54, 1.807) is 17.0 Å². The molecule has 3 rings (SSSR count). The van der Waals surface area contributed by atoms with E-state index in [1.165, 1.54) is 0 Å². The summed E-state index contributed by atoms with van der Waals surface area (Å²) in [5, 5.41) is 0.447. The Morgan fingerprint density at radius 2 is 1.96 bits per heavy atom. The Morgan fingerprint density at radius 1 is 1.29 bits per heavy atom. The van der Waals surface area contributed by atoms with Gasteiger partial charge in [-0.1, -0.05) is 11.6 Å². The van der Waals surface area contributed by atoms with E-state index in [9.17, 15) is 13.2 Å². The fourth-order valence-electron chi connectivity index (χ4n) is 3.17. The quantitative estimate of drug-likeness (QED) is 0.803. The van der Waals surface area contributed by atoms with Crippen molar-refractivity contribution < 1.29 is 22.7 Å². The highest BCUT2D eigenvalue weighted by Crippen LogP contribution is 2.35. The minimum atomic E-state index is -3.03. The van der Waals surface area contributed by atoms with E-state index in [2.05, 4.69) is 0 Å². The fourth-order valence-corrected chi connectivity index (χ4v) is 5.12. The van der Waals surface area contributed by atoms with Gasteiger partial charge in [-0.25, -0.2) is 8.42 Å². The highest BCUT2D eigenvalue weighted by Gasteiger charge is 2.34. The number of sulfone groups is 1. The smallest absolute Gasteiger partial charge is 0.227 e. The van der Waals surface area contributed by atoms with Gasteiger partial charge in [0, 0.05) is 23.7 Å². The van der Waals surface area contributed by atoms with Crippen LogP contribution in [0.25, 0.3) is 0 Å². The number of rotatable bonds is 4. The Labute approximate surface area is 146 Å². The lowest BCUT2D eigenvalue weighted by molar-refractivity contribution is -0.132. The van der Waals surface area contributed by atoms with Gasteiger partial charge in [-0.05, 0) is 25.0 Å². The summed E-state index contributed by atoms with van der Waals surface area (Å²) in [5.41, 5.74) is 0.658. The number of likely N-dealkylation sites (N-methyl/N-ethyl adjacent to an activating group) is 1. The highest BCUT2D eigenvalue weighted by atomic mass is 35.5. The van der Waals surface area contributed by atoms with Crippen LogP contribution in [0.4, 0.5) is 0 Å². The monoisotopic (exact) mass is 373 g/mol. The van der Waals surface area contributed by atoms with E-state index in [0.717, 1.165) is 0 Å². The Kier molecular flexibility index (Phi) is 4.92. The summed E-state index contributed by atoms with van der Waals surface area (Å²) in [7, 11) is -3.03. The number of fused-ring (bicyclic) bond motifs is 1. The molecule has 2 heterocycles. The van der Waals surface area contributed by atoms with Crippen LogP contribution in [0.3, 0.4) is 0 Å². The molecule has 132 valence electrons. The highest BCUT2D eigenvalue weighted by molar-refractivity contribution is 7.91. The van der Waals surface area contributed by atoms with Gasteiger partial charge in [0.05, 0.1) is 17.9 Å². The number of benzene rings is 1. The van der Waals surface area contributed by atoms with Crippen molar-refractivity contribution in [3.8, 4) is 11.5 Å². The summed E-state index contributed by atoms with van der Waals surface area (Å²) in [5.74, 6) is 1.23. The molecule has 0 aliphatic carbocycles. The van der Waals surface area contributed by atoms with Gasteiger partial charge in [0.2, 0.25) is 5.91 Å². The summed E-state index contributed by atoms with van der Waals surface area (Å²) in [6.45, 7) is 3.26. The van der Waals surface area contributed by atoms with Crippen molar-refractivity contribution in [2.24, 2.45) is 0 Å². The molecule has 0 N–H and O–H groups in total. The molecule has 1 atom stereocenters. The normalized spacial score (nSPS) is 21.5. The number of hydrogen-bond donors (Lipinski definition) is 0. The number of carbonyl (C=O) groups excluding carboxylic acids is 1. The van der Waals surface area contributed by atoms with Crippen molar-refractivity contribution in [2.75, 3.05) is 31.3 Å². The van der Waals surface area contributed by atoms with Crippen LogP contribution in [0.2, 0.25) is 5.02 Å². The number of carbonyl (C=O) groups is 1. The van der Waals surface area contributed by atoms with Crippen molar-refractivity contribution >= 4 is 27.3 Å². The predicted molar refractivity (Wildman–Crippen MR) is 90.6 cm³/mol. The molecular weight excluding hydrogens is 354 g/mol. The van der Waals surface area contributed by atoms with E-state index in [0.29, 0.717) is 48.3 Å². The molecular formula is C16H20ClNO5S. The van der Waals surface area contributed by atoms with Crippen LogP contribution in [0.1, 0.15) is 18.9 Å². The lowest BCUT2D eigenvalue weighted by Gasteiger charge is -2.27. The van der Waals surface area contributed by atoms with Crippen LogP contribution in [0.5, 0.6) is 11.5 Å². The molecule has 8 heteroatoms. The molecule has 0 radical (unpaired) electrons. The first-order valence-electron chi connectivity index (χ1n) is 7.97. The van der Waals surface area contributed by atoms with E-state index < -0.39 is 9.84 Å². The lowest BCUT2D eigenvalue weighted by atomic mass is 10.1. The molecule has 0 bridgehead atoms. The molecule has 1 amide bonds. The number of amides is 1. The number of halogens is 1. The third-order valence-corrected chi connectivity index (χ3v) is 6.47. The molecule has 2 aliphatic heterocycles. The topological polar surface area (TPSA) is 72.9 Å². The van der Waals surface area contributed by atoms with Gasteiger partial charge in [0.25, 0.3) is 0 Å². The average Bonchev–Trinajstić information content (AvgIpc) is 2.88. The predicted octanol–water partition coefficient (Wildman–Crippen LogP) is 1.69. The average molecular weight is 374 g/mol. The zero-order valence-corrected chi connectivity index (χ0v) is 15.0. The van der Waals surface area contributed by atoms with Gasteiger partial charge < -0.3 is 14.4 Å². The second-order valence-corrected chi connectivity index (χ2v) is 8.64. The van der Waals surface area contributed by atoms with E-state index in [1.807, 2.05) is 6.92 Å². The van der Waals surface area contributed by atoms with E-state index in [4.69, 9.17) is 21.1 Å². The molecule has 1 saturated heterocycles. The van der Waals surface area contributed by atoms with Crippen molar-refractivity contribution in [3.05, 3.63) is 22.7 Å². The molecule has 0 saturated carbocycles. The Hall–Kier alpha value is -1.47. The molecule has 0 aromatic heterocycles. The first kappa shape index (κ1) is 17.4. The van der Waals surface area contributed by atoms with Crippen LogP contribution in [-0.4, -0.2) is 56.5 Å². The molecule has 2 aliphatic rings. The van der Waals surface area contributed by atoms with Crippen molar-refractivity contribution in [2.45, 2.75) is 25.8 Å². The molecule has 1 aromatic carbocycles. The SMILES string of the molecule is CCN(C(=O)Cc1cc2c(cc1Cl)OCCO2)C1CCS(=O)(=O)C1. The van der Waals surface area contributed by atoms with E-state index >= 15 is 0 Å². The van der Waals surface area contributed by atoms with Crippen LogP contribution in [-0.2, 0) is 21.1 Å². The second-order valence-electron chi connectivity index (χ2n) is 6.00. The van der Waals surface area contributed by atoms with Gasteiger partial charge in [0.15, 0.2) is 21.3 Å². The van der Waals surface area contributed by atoms with Crippen molar-refractivity contribution in [1.29, 1.82) is 0 Å². The van der Waals surface area contributed by atoms with E-state index in [-0.39, 0.29) is 29.9 Å². The summed E-state index contributed by atoms with van der Waals surface area (Å²) in [6, 6.07) is 3.15. The van der Waals surface area contributed by atoms with Gasteiger partial charge in [-0.2, -0.15) is 0 Å². The zero-order valence-electron chi connectivity index (χ0n) is 13.5. The second kappa shape index (κ2) is 6.80. The summed E-state index contributed by atoms with van der Waals surface area (Å²) in [6.07, 6.45) is 0.608. The van der Waals surface area contributed by atoms with Crippen LogP contribution < -0.4 is 9.47 Å². The largest absolute Gasteiger partial charge is 0.486 e. The zero-order chi connectivity index (χ0) is 17.3. The third kappa shape index (κ3) is 3.62. The minimum absolute atomic E-state index is 0.0431. The van der Waals surface area contributed by atoms with Gasteiger partial charge in [0.1, 0.15) is 13.2 Å². The van der Waals surface area contributed by atoms with Crippen molar-refractivity contribution in [1.82, 2.24) is 4.90 Å². The molecule has 6 nitrogen and oxygen atoms in total. The molecule has 24 heavy (non-hydrogen) atoms. The van der Waals surface area contributed by atoms with Crippen LogP contribution in [0, 0.1) is 0 Å². The van der Waals surface area contributed by atoms with Gasteiger partial charge >= 0.3 is 0 Å². The molecule has 1 fully saturated rings. The Balaban J connectivity index is 1.76. The van der Waals surface area contributed by atoms with Crippen LogP contribution >= 0.6 is 11.6 Å².